The summed E-state index contributed by atoms with van der Waals surface area (Å²) in [5.74, 6) is -1.47. The maximum absolute atomic E-state index is 13.3. The lowest BCUT2D eigenvalue weighted by Crippen LogP contribution is -2.48. The molecule has 0 saturated carbocycles. The number of aliphatic carboxylic acids is 1. The van der Waals surface area contributed by atoms with Gasteiger partial charge in [-0.1, -0.05) is 78.9 Å². The summed E-state index contributed by atoms with van der Waals surface area (Å²) in [6.07, 6.45) is -0.457. The Bertz CT molecular complexity index is 1280. The minimum absolute atomic E-state index is 0.0234. The normalized spacial score (nSPS) is 16.8. The Kier molecular flexibility index (Phi) is 8.22. The quantitative estimate of drug-likeness (QED) is 0.399. The van der Waals surface area contributed by atoms with Crippen LogP contribution in [0.2, 0.25) is 0 Å². The van der Waals surface area contributed by atoms with Crippen molar-refractivity contribution < 1.29 is 29.0 Å². The molecule has 0 radical (unpaired) electrons. The van der Waals surface area contributed by atoms with Gasteiger partial charge in [-0.05, 0) is 40.7 Å². The van der Waals surface area contributed by atoms with Crippen molar-refractivity contribution in [3.63, 3.8) is 0 Å². The largest absolute Gasteiger partial charge is 0.481 e. The van der Waals surface area contributed by atoms with Crippen LogP contribution in [0.3, 0.4) is 0 Å². The van der Waals surface area contributed by atoms with Crippen LogP contribution in [-0.4, -0.2) is 59.8 Å². The number of ether oxygens (including phenoxy) is 2. The molecular weight excluding hydrogens is 496 g/mol. The standard InChI is InChI=1S/C31H32N2O6/c34-29(35)15-14-28(30(36)33-17-16-22(18-33)38-19-21-8-2-1-3-9-21)32-31(37)39-20-27-25-12-6-4-10-23(25)24-11-5-7-13-26(24)27/h1-13,22,27-28H,14-20H2,(H,32,37)(H,34,35). The fourth-order valence-corrected chi connectivity index (χ4v) is 5.38. The van der Waals surface area contributed by atoms with Crippen molar-refractivity contribution in [1.29, 1.82) is 0 Å². The van der Waals surface area contributed by atoms with Gasteiger partial charge in [0.05, 0.1) is 12.7 Å². The molecule has 39 heavy (non-hydrogen) atoms. The van der Waals surface area contributed by atoms with E-state index in [9.17, 15) is 19.5 Å². The predicted octanol–water partition coefficient (Wildman–Crippen LogP) is 4.58. The summed E-state index contributed by atoms with van der Waals surface area (Å²) in [5.41, 5.74) is 5.47. The highest BCUT2D eigenvalue weighted by atomic mass is 16.5. The van der Waals surface area contributed by atoms with Gasteiger partial charge in [0.15, 0.2) is 0 Å². The lowest BCUT2D eigenvalue weighted by molar-refractivity contribution is -0.138. The predicted molar refractivity (Wildman–Crippen MR) is 145 cm³/mol. The second-order valence-corrected chi connectivity index (χ2v) is 9.95. The van der Waals surface area contributed by atoms with Gasteiger partial charge in [0.2, 0.25) is 5.91 Å². The zero-order chi connectivity index (χ0) is 27.2. The number of hydrogen-bond donors (Lipinski definition) is 2. The molecule has 8 heteroatoms. The monoisotopic (exact) mass is 528 g/mol. The third-order valence-corrected chi connectivity index (χ3v) is 7.37. The Hall–Kier alpha value is -4.17. The Morgan fingerprint density at radius 1 is 0.923 bits per heavy atom. The zero-order valence-corrected chi connectivity index (χ0v) is 21.6. The number of alkyl carbamates (subject to hydrolysis) is 1. The molecule has 2 N–H and O–H groups in total. The summed E-state index contributed by atoms with van der Waals surface area (Å²) in [5, 5.41) is 11.8. The molecule has 2 unspecified atom stereocenters. The third-order valence-electron chi connectivity index (χ3n) is 7.37. The Morgan fingerprint density at radius 3 is 2.23 bits per heavy atom. The van der Waals surface area contributed by atoms with Crippen LogP contribution >= 0.6 is 0 Å². The molecule has 2 amide bonds. The van der Waals surface area contributed by atoms with Crippen molar-refractivity contribution in [3.8, 4) is 11.1 Å². The third kappa shape index (κ3) is 6.29. The van der Waals surface area contributed by atoms with Crippen molar-refractivity contribution in [3.05, 3.63) is 95.6 Å². The number of nitrogens with zero attached hydrogens (tertiary/aromatic N) is 1. The van der Waals surface area contributed by atoms with Crippen LogP contribution in [0.15, 0.2) is 78.9 Å². The first-order valence-electron chi connectivity index (χ1n) is 13.3. The molecule has 3 aromatic rings. The molecule has 1 heterocycles. The fourth-order valence-electron chi connectivity index (χ4n) is 5.38. The molecule has 5 rings (SSSR count). The van der Waals surface area contributed by atoms with Crippen molar-refractivity contribution in [2.24, 2.45) is 0 Å². The first-order chi connectivity index (χ1) is 19.0. The Labute approximate surface area is 227 Å². The number of carboxylic acid groups (broad SMARTS) is 1. The number of benzene rings is 3. The number of hydrogen-bond acceptors (Lipinski definition) is 5. The molecule has 2 aliphatic rings. The summed E-state index contributed by atoms with van der Waals surface area (Å²) < 4.78 is 11.6. The highest BCUT2D eigenvalue weighted by Gasteiger charge is 2.34. The minimum atomic E-state index is -1.03. The summed E-state index contributed by atoms with van der Waals surface area (Å²) in [6, 6.07) is 24.9. The van der Waals surface area contributed by atoms with Gasteiger partial charge in [-0.2, -0.15) is 0 Å². The molecule has 0 aromatic heterocycles. The van der Waals surface area contributed by atoms with E-state index < -0.39 is 18.1 Å². The number of amides is 2. The SMILES string of the molecule is O=C(O)CCC(NC(=O)OCC1c2ccccc2-c2ccccc21)C(=O)N1CCC(OCc2ccccc2)C1. The first-order valence-corrected chi connectivity index (χ1v) is 13.3. The zero-order valence-electron chi connectivity index (χ0n) is 21.6. The second kappa shape index (κ2) is 12.1. The van der Waals surface area contributed by atoms with Crippen LogP contribution in [0.4, 0.5) is 4.79 Å². The van der Waals surface area contributed by atoms with E-state index >= 15 is 0 Å². The number of nitrogens with one attached hydrogen (secondary N) is 1. The summed E-state index contributed by atoms with van der Waals surface area (Å²) in [6.45, 7) is 1.43. The summed E-state index contributed by atoms with van der Waals surface area (Å²) in [7, 11) is 0. The summed E-state index contributed by atoms with van der Waals surface area (Å²) in [4.78, 5) is 39.0. The van der Waals surface area contributed by atoms with E-state index in [-0.39, 0.29) is 37.4 Å². The molecule has 2 atom stereocenters. The minimum Gasteiger partial charge on any atom is -0.481 e. The molecule has 1 saturated heterocycles. The second-order valence-electron chi connectivity index (χ2n) is 9.95. The average molecular weight is 529 g/mol. The number of carbonyl (C=O) groups is 3. The van der Waals surface area contributed by atoms with Crippen molar-refractivity contribution in [2.45, 2.75) is 43.9 Å². The Morgan fingerprint density at radius 2 is 1.56 bits per heavy atom. The molecule has 202 valence electrons. The smallest absolute Gasteiger partial charge is 0.407 e. The molecule has 3 aromatic carbocycles. The van der Waals surface area contributed by atoms with E-state index in [1.807, 2.05) is 66.7 Å². The molecule has 1 aliphatic heterocycles. The molecule has 0 spiro atoms. The van der Waals surface area contributed by atoms with E-state index in [1.54, 1.807) is 4.90 Å². The lowest BCUT2D eigenvalue weighted by Gasteiger charge is -2.24. The maximum atomic E-state index is 13.3. The number of likely N-dealkylation sites (tertiary alicyclic amines) is 1. The maximum Gasteiger partial charge on any atom is 0.407 e. The van der Waals surface area contributed by atoms with Gasteiger partial charge in [-0.3, -0.25) is 9.59 Å². The van der Waals surface area contributed by atoms with Crippen molar-refractivity contribution in [2.75, 3.05) is 19.7 Å². The van der Waals surface area contributed by atoms with Gasteiger partial charge in [-0.15, -0.1) is 0 Å². The van der Waals surface area contributed by atoms with Gasteiger partial charge in [0, 0.05) is 25.4 Å². The van der Waals surface area contributed by atoms with E-state index in [4.69, 9.17) is 9.47 Å². The van der Waals surface area contributed by atoms with Crippen LogP contribution in [0.25, 0.3) is 11.1 Å². The van der Waals surface area contributed by atoms with E-state index in [2.05, 4.69) is 17.4 Å². The number of rotatable bonds is 10. The Balaban J connectivity index is 1.18. The lowest BCUT2D eigenvalue weighted by atomic mass is 9.98. The first kappa shape index (κ1) is 26.4. The number of carboxylic acids is 1. The van der Waals surface area contributed by atoms with E-state index in [0.29, 0.717) is 26.1 Å². The summed E-state index contributed by atoms with van der Waals surface area (Å²) >= 11 is 0. The molecule has 0 bridgehead atoms. The molecule has 1 fully saturated rings. The van der Waals surface area contributed by atoms with Gasteiger partial charge < -0.3 is 24.8 Å². The number of fused-ring (bicyclic) bond motifs is 3. The van der Waals surface area contributed by atoms with Crippen LogP contribution < -0.4 is 5.32 Å². The van der Waals surface area contributed by atoms with Gasteiger partial charge in [0.25, 0.3) is 0 Å². The highest BCUT2D eigenvalue weighted by molar-refractivity contribution is 5.86. The van der Waals surface area contributed by atoms with E-state index in [0.717, 1.165) is 27.8 Å². The van der Waals surface area contributed by atoms with Crippen molar-refractivity contribution >= 4 is 18.0 Å². The van der Waals surface area contributed by atoms with Crippen LogP contribution in [0.5, 0.6) is 0 Å². The molecule has 8 nitrogen and oxygen atoms in total. The van der Waals surface area contributed by atoms with Gasteiger partial charge in [0.1, 0.15) is 12.6 Å². The molecular formula is C31H32N2O6. The highest BCUT2D eigenvalue weighted by Crippen LogP contribution is 2.44. The van der Waals surface area contributed by atoms with Gasteiger partial charge >= 0.3 is 12.1 Å². The fraction of sp³-hybridized carbons (Fsp3) is 0.323. The van der Waals surface area contributed by atoms with Crippen LogP contribution in [0, 0.1) is 0 Å². The van der Waals surface area contributed by atoms with Crippen LogP contribution in [-0.2, 0) is 25.7 Å². The average Bonchev–Trinajstić information content (AvgIpc) is 3.56. The topological polar surface area (TPSA) is 105 Å². The number of carbonyl (C=O) groups excluding carboxylic acids is 2. The van der Waals surface area contributed by atoms with Crippen LogP contribution in [0.1, 0.15) is 41.9 Å². The van der Waals surface area contributed by atoms with Crippen molar-refractivity contribution in [1.82, 2.24) is 10.2 Å². The molecule has 1 aliphatic carbocycles. The van der Waals surface area contributed by atoms with Gasteiger partial charge in [-0.25, -0.2) is 4.79 Å². The van der Waals surface area contributed by atoms with E-state index in [1.165, 1.54) is 0 Å².